The van der Waals surface area contributed by atoms with Crippen LogP contribution in [0, 0.1) is 0 Å². The number of carbonyl (C=O) groups is 2. The van der Waals surface area contributed by atoms with E-state index < -0.39 is 12.0 Å². The van der Waals surface area contributed by atoms with Crippen molar-refractivity contribution in [2.75, 3.05) is 5.75 Å². The van der Waals surface area contributed by atoms with E-state index in [1.54, 1.807) is 12.4 Å². The van der Waals surface area contributed by atoms with Crippen LogP contribution in [0.4, 0.5) is 0 Å². The minimum Gasteiger partial charge on any atom is -0.477 e. The van der Waals surface area contributed by atoms with Gasteiger partial charge in [0.1, 0.15) is 17.1 Å². The quantitative estimate of drug-likeness (QED) is 0.759. The Balaban J connectivity index is 1.62. The number of pyridine rings is 1. The summed E-state index contributed by atoms with van der Waals surface area (Å²) in [5.41, 5.74) is 7.55. The van der Waals surface area contributed by atoms with Crippen molar-refractivity contribution in [3.63, 3.8) is 0 Å². The van der Waals surface area contributed by atoms with Crippen LogP contribution in [0.2, 0.25) is 0 Å². The molecule has 4 heterocycles. The summed E-state index contributed by atoms with van der Waals surface area (Å²) >= 11 is 4.22. The fourth-order valence-corrected chi connectivity index (χ4v) is 6.04. The number of hydrogen-bond donors (Lipinski definition) is 2. The van der Waals surface area contributed by atoms with Gasteiger partial charge in [0.15, 0.2) is 4.34 Å². The molecule has 1 saturated heterocycles. The van der Waals surface area contributed by atoms with Crippen molar-refractivity contribution in [3.8, 4) is 11.3 Å². The number of hydrogen-bond acceptors (Lipinski definition) is 8. The number of thioether (sulfide) groups is 2. The lowest BCUT2D eigenvalue weighted by Gasteiger charge is -2.47. The summed E-state index contributed by atoms with van der Waals surface area (Å²) in [6.07, 6.45) is 3.40. The van der Waals surface area contributed by atoms with Crippen molar-refractivity contribution >= 4 is 46.7 Å². The lowest BCUT2D eigenvalue weighted by atomic mass is 10.1. The molecule has 0 spiro atoms. The first-order valence-corrected chi connectivity index (χ1v) is 10.0. The van der Waals surface area contributed by atoms with E-state index in [9.17, 15) is 14.7 Å². The van der Waals surface area contributed by atoms with E-state index in [0.29, 0.717) is 10.7 Å². The highest BCUT2D eigenvalue weighted by Crippen LogP contribution is 2.45. The van der Waals surface area contributed by atoms with Gasteiger partial charge >= 0.3 is 5.97 Å². The van der Waals surface area contributed by atoms with Crippen molar-refractivity contribution in [3.05, 3.63) is 40.5 Å². The highest BCUT2D eigenvalue weighted by molar-refractivity contribution is 8.07. The highest BCUT2D eigenvalue weighted by Gasteiger charge is 2.52. The summed E-state index contributed by atoms with van der Waals surface area (Å²) in [6.45, 7) is 0. The zero-order valence-electron chi connectivity index (χ0n) is 12.7. The smallest absolute Gasteiger partial charge is 0.353 e. The minimum atomic E-state index is -1.11. The van der Waals surface area contributed by atoms with Gasteiger partial charge in [0.05, 0.1) is 5.69 Å². The Bertz CT molecular complexity index is 883. The number of thiazole rings is 1. The first kappa shape index (κ1) is 16.6. The van der Waals surface area contributed by atoms with Gasteiger partial charge in [-0.05, 0) is 12.1 Å². The van der Waals surface area contributed by atoms with Crippen molar-refractivity contribution in [2.24, 2.45) is 5.73 Å². The predicted molar refractivity (Wildman–Crippen MR) is 96.9 cm³/mol. The molecule has 1 fully saturated rings. The molecule has 2 aromatic heterocycles. The summed E-state index contributed by atoms with van der Waals surface area (Å²) in [6, 6.07) is 3.11. The van der Waals surface area contributed by atoms with Crippen LogP contribution in [0.1, 0.15) is 0 Å². The first-order chi connectivity index (χ1) is 12.1. The molecular weight excluding hydrogens is 380 g/mol. The maximum atomic E-state index is 12.0. The summed E-state index contributed by atoms with van der Waals surface area (Å²) in [7, 11) is 0. The summed E-state index contributed by atoms with van der Waals surface area (Å²) in [4.78, 5) is 34.1. The Morgan fingerprint density at radius 2 is 2.16 bits per heavy atom. The lowest BCUT2D eigenvalue weighted by molar-refractivity contribution is -0.147. The molecule has 0 bridgehead atoms. The molecule has 4 rings (SSSR count). The predicted octanol–water partition coefficient (Wildman–Crippen LogP) is 1.84. The molecule has 7 nitrogen and oxygen atoms in total. The number of aliphatic carboxylic acids is 1. The number of carbonyl (C=O) groups excluding carboxylic acids is 1. The minimum absolute atomic E-state index is 0.0288. The van der Waals surface area contributed by atoms with Crippen LogP contribution in [0.3, 0.4) is 0 Å². The van der Waals surface area contributed by atoms with Gasteiger partial charge in [0.25, 0.3) is 0 Å². The molecule has 0 radical (unpaired) electrons. The van der Waals surface area contributed by atoms with Gasteiger partial charge in [-0.25, -0.2) is 9.78 Å². The normalized spacial score (nSPS) is 22.6. The largest absolute Gasteiger partial charge is 0.477 e. The van der Waals surface area contributed by atoms with Gasteiger partial charge in [-0.3, -0.25) is 14.7 Å². The maximum absolute atomic E-state index is 12.0. The molecule has 128 valence electrons. The van der Waals surface area contributed by atoms with Crippen LogP contribution in [-0.2, 0) is 9.59 Å². The third-order valence-electron chi connectivity index (χ3n) is 3.85. The summed E-state index contributed by atoms with van der Waals surface area (Å²) < 4.78 is 0.733. The van der Waals surface area contributed by atoms with E-state index >= 15 is 0 Å². The molecule has 25 heavy (non-hydrogen) atoms. The Hall–Kier alpha value is -1.88. The number of carboxylic acid groups (broad SMARTS) is 1. The van der Waals surface area contributed by atoms with Crippen molar-refractivity contribution < 1.29 is 14.7 Å². The number of amides is 1. The second-order valence-corrected chi connectivity index (χ2v) is 8.65. The van der Waals surface area contributed by atoms with Crippen LogP contribution in [-0.4, -0.2) is 49.0 Å². The SMILES string of the molecule is NC1C(=O)N2C(C(=O)O)=C(Sc3nc(-c4ccncc4)cs3)CS[C@@H]12. The van der Waals surface area contributed by atoms with Gasteiger partial charge in [-0.15, -0.1) is 23.1 Å². The maximum Gasteiger partial charge on any atom is 0.353 e. The highest BCUT2D eigenvalue weighted by atomic mass is 32.2. The van der Waals surface area contributed by atoms with E-state index in [1.165, 1.54) is 39.8 Å². The molecule has 0 aliphatic carbocycles. The molecule has 1 unspecified atom stereocenters. The standard InChI is InChI=1S/C15H12N4O3S3/c16-10-12(20)19-11(14(21)22)9(6-23-13(10)19)25-15-18-8(5-24-15)7-1-3-17-4-2-7/h1-5,10,13H,6,16H2,(H,21,22)/t10?,13-/m0/s1. The van der Waals surface area contributed by atoms with E-state index in [2.05, 4.69) is 9.97 Å². The van der Waals surface area contributed by atoms with Gasteiger partial charge in [0, 0.05) is 34.0 Å². The molecule has 0 saturated carbocycles. The van der Waals surface area contributed by atoms with E-state index in [1.807, 2.05) is 17.5 Å². The van der Waals surface area contributed by atoms with Gasteiger partial charge in [-0.2, -0.15) is 0 Å². The Labute approximate surface area is 155 Å². The second-order valence-electron chi connectivity index (χ2n) is 5.35. The molecule has 1 amide bonds. The van der Waals surface area contributed by atoms with E-state index in [0.717, 1.165) is 15.6 Å². The van der Waals surface area contributed by atoms with Crippen LogP contribution < -0.4 is 5.73 Å². The number of carboxylic acids is 1. The molecule has 2 aliphatic rings. The third-order valence-corrected chi connectivity index (χ3v) is 7.35. The number of fused-ring (bicyclic) bond motifs is 1. The fraction of sp³-hybridized carbons (Fsp3) is 0.200. The number of rotatable bonds is 4. The number of aromatic nitrogens is 2. The monoisotopic (exact) mass is 392 g/mol. The zero-order chi connectivity index (χ0) is 17.6. The van der Waals surface area contributed by atoms with E-state index in [-0.39, 0.29) is 17.0 Å². The van der Waals surface area contributed by atoms with Crippen LogP contribution in [0.25, 0.3) is 11.3 Å². The fourth-order valence-electron chi connectivity index (χ4n) is 2.63. The average molecular weight is 392 g/mol. The van der Waals surface area contributed by atoms with Crippen LogP contribution in [0.15, 0.2) is 44.8 Å². The lowest BCUT2D eigenvalue weighted by Crippen LogP contribution is -2.68. The number of nitrogens with two attached hydrogens (primary N) is 1. The van der Waals surface area contributed by atoms with Gasteiger partial charge in [0.2, 0.25) is 5.91 Å². The first-order valence-electron chi connectivity index (χ1n) is 7.26. The zero-order valence-corrected chi connectivity index (χ0v) is 15.1. The second kappa shape index (κ2) is 6.45. The molecule has 2 aliphatic heterocycles. The van der Waals surface area contributed by atoms with Crippen molar-refractivity contribution in [1.29, 1.82) is 0 Å². The van der Waals surface area contributed by atoms with Gasteiger partial charge < -0.3 is 10.8 Å². The Kier molecular flexibility index (Phi) is 4.28. The Morgan fingerprint density at radius 1 is 1.40 bits per heavy atom. The van der Waals surface area contributed by atoms with Crippen LogP contribution in [0.5, 0.6) is 0 Å². The average Bonchev–Trinajstić information content (AvgIpc) is 3.09. The van der Waals surface area contributed by atoms with E-state index in [4.69, 9.17) is 5.73 Å². The van der Waals surface area contributed by atoms with Gasteiger partial charge in [-0.1, -0.05) is 11.8 Å². The summed E-state index contributed by atoms with van der Waals surface area (Å²) in [5, 5.41) is 11.2. The van der Waals surface area contributed by atoms with Crippen LogP contribution >= 0.6 is 34.9 Å². The molecule has 2 aromatic rings. The van der Waals surface area contributed by atoms with Crippen molar-refractivity contribution in [1.82, 2.24) is 14.9 Å². The number of nitrogens with zero attached hydrogens (tertiary/aromatic N) is 3. The number of β-lactam (4-membered cyclic amide) rings is 1. The Morgan fingerprint density at radius 3 is 2.88 bits per heavy atom. The molecule has 3 N–H and O–H groups in total. The third kappa shape index (κ3) is 2.84. The summed E-state index contributed by atoms with van der Waals surface area (Å²) in [5.74, 6) is -0.957. The molecular formula is C15H12N4O3S3. The van der Waals surface area contributed by atoms with Crippen molar-refractivity contribution in [2.45, 2.75) is 15.8 Å². The topological polar surface area (TPSA) is 109 Å². The molecule has 10 heteroatoms. The molecule has 0 aromatic carbocycles. The molecule has 2 atom stereocenters.